The molecule has 1 aliphatic rings. The first-order chi connectivity index (χ1) is 9.58. The number of nitrogens with two attached hydrogens (primary N) is 1. The fourth-order valence-corrected chi connectivity index (χ4v) is 2.23. The largest absolute Gasteiger partial charge is 0.396 e. The van der Waals surface area contributed by atoms with Crippen LogP contribution in [0.1, 0.15) is 10.4 Å². The number of benzene rings is 1. The van der Waals surface area contributed by atoms with Crippen LogP contribution in [-0.2, 0) is 0 Å². The molecule has 0 aromatic heterocycles. The molecule has 2 rings (SSSR count). The summed E-state index contributed by atoms with van der Waals surface area (Å²) < 4.78 is 13.3. The molecule has 1 aliphatic heterocycles. The Morgan fingerprint density at radius 3 is 2.75 bits per heavy atom. The molecule has 0 unspecified atom stereocenters. The van der Waals surface area contributed by atoms with Crippen LogP contribution in [0, 0.1) is 5.82 Å². The van der Waals surface area contributed by atoms with Crippen LogP contribution >= 0.6 is 0 Å². The normalized spacial score (nSPS) is 17.1. The van der Waals surface area contributed by atoms with Gasteiger partial charge < -0.3 is 16.0 Å². The standard InChI is InChI=1S/C14H21FN4O/c1-18-7-9-19(10-8-18)6-5-17-14(20)11-3-2-4-12(15)13(11)16/h2-4H,5-10,16H2,1H3,(H,17,20). The van der Waals surface area contributed by atoms with E-state index in [1.165, 1.54) is 18.2 Å². The maximum Gasteiger partial charge on any atom is 0.253 e. The number of piperazine rings is 1. The summed E-state index contributed by atoms with van der Waals surface area (Å²) in [4.78, 5) is 16.5. The molecule has 110 valence electrons. The predicted octanol–water partition coefficient (Wildman–Crippen LogP) is 0.385. The summed E-state index contributed by atoms with van der Waals surface area (Å²) in [6.45, 7) is 5.45. The first-order valence-electron chi connectivity index (χ1n) is 6.81. The summed E-state index contributed by atoms with van der Waals surface area (Å²) in [6, 6.07) is 4.26. The summed E-state index contributed by atoms with van der Waals surface area (Å²) in [5.74, 6) is -0.882. The van der Waals surface area contributed by atoms with Crippen LogP contribution in [0.2, 0.25) is 0 Å². The van der Waals surface area contributed by atoms with Crippen molar-refractivity contribution >= 4 is 11.6 Å². The molecule has 0 spiro atoms. The minimum Gasteiger partial charge on any atom is -0.396 e. The first-order valence-corrected chi connectivity index (χ1v) is 6.81. The lowest BCUT2D eigenvalue weighted by Crippen LogP contribution is -2.46. The highest BCUT2D eigenvalue weighted by Gasteiger charge is 2.15. The Kier molecular flexibility index (Phi) is 4.92. The van der Waals surface area contributed by atoms with Gasteiger partial charge >= 0.3 is 0 Å². The highest BCUT2D eigenvalue weighted by molar-refractivity contribution is 5.99. The molecule has 1 fully saturated rings. The van der Waals surface area contributed by atoms with Gasteiger partial charge in [0.15, 0.2) is 0 Å². The van der Waals surface area contributed by atoms with Gasteiger partial charge in [-0.3, -0.25) is 9.69 Å². The third-order valence-corrected chi connectivity index (χ3v) is 3.61. The lowest BCUT2D eigenvalue weighted by molar-refractivity contribution is 0.0941. The van der Waals surface area contributed by atoms with Crippen molar-refractivity contribution in [2.24, 2.45) is 0 Å². The molecule has 1 saturated heterocycles. The van der Waals surface area contributed by atoms with Crippen molar-refractivity contribution in [1.29, 1.82) is 0 Å². The monoisotopic (exact) mass is 280 g/mol. The summed E-state index contributed by atoms with van der Waals surface area (Å²) in [6.07, 6.45) is 0. The minimum absolute atomic E-state index is 0.0930. The Hall–Kier alpha value is -1.66. The average Bonchev–Trinajstić information content (AvgIpc) is 2.44. The molecule has 0 bridgehead atoms. The van der Waals surface area contributed by atoms with Crippen molar-refractivity contribution < 1.29 is 9.18 Å². The molecule has 1 amide bonds. The minimum atomic E-state index is -0.559. The molecule has 1 aromatic carbocycles. The van der Waals surface area contributed by atoms with E-state index in [1.807, 2.05) is 0 Å². The van der Waals surface area contributed by atoms with Gasteiger partial charge in [0.25, 0.3) is 5.91 Å². The van der Waals surface area contributed by atoms with Crippen LogP contribution in [0.3, 0.4) is 0 Å². The van der Waals surface area contributed by atoms with E-state index >= 15 is 0 Å². The quantitative estimate of drug-likeness (QED) is 0.783. The molecule has 0 aliphatic carbocycles. The van der Waals surface area contributed by atoms with Crippen molar-refractivity contribution in [3.8, 4) is 0 Å². The van der Waals surface area contributed by atoms with E-state index in [9.17, 15) is 9.18 Å². The summed E-state index contributed by atoms with van der Waals surface area (Å²) >= 11 is 0. The van der Waals surface area contributed by atoms with Crippen molar-refractivity contribution in [3.63, 3.8) is 0 Å². The lowest BCUT2D eigenvalue weighted by atomic mass is 10.1. The zero-order valence-electron chi connectivity index (χ0n) is 11.7. The number of halogens is 1. The Morgan fingerprint density at radius 2 is 2.05 bits per heavy atom. The van der Waals surface area contributed by atoms with Crippen molar-refractivity contribution in [3.05, 3.63) is 29.6 Å². The number of carbonyl (C=O) groups excluding carboxylic acids is 1. The molecule has 1 aromatic rings. The highest BCUT2D eigenvalue weighted by Crippen LogP contribution is 2.15. The van der Waals surface area contributed by atoms with Gasteiger partial charge in [0.2, 0.25) is 0 Å². The number of anilines is 1. The van der Waals surface area contributed by atoms with Gasteiger partial charge in [0.1, 0.15) is 5.82 Å². The Balaban J connectivity index is 1.79. The Bertz CT molecular complexity index is 472. The van der Waals surface area contributed by atoms with Crippen LogP contribution in [0.4, 0.5) is 10.1 Å². The van der Waals surface area contributed by atoms with E-state index < -0.39 is 5.82 Å². The van der Waals surface area contributed by atoms with Crippen LogP contribution in [0.25, 0.3) is 0 Å². The maximum atomic E-state index is 13.3. The van der Waals surface area contributed by atoms with Gasteiger partial charge in [0, 0.05) is 39.3 Å². The molecule has 6 heteroatoms. The zero-order chi connectivity index (χ0) is 14.5. The number of nitrogen functional groups attached to an aromatic ring is 1. The van der Waals surface area contributed by atoms with Gasteiger partial charge in [-0.2, -0.15) is 0 Å². The van der Waals surface area contributed by atoms with E-state index in [0.29, 0.717) is 6.54 Å². The second-order valence-corrected chi connectivity index (χ2v) is 5.10. The number of nitrogens with zero attached hydrogens (tertiary/aromatic N) is 2. The van der Waals surface area contributed by atoms with Gasteiger partial charge in [-0.1, -0.05) is 6.07 Å². The number of hydrogen-bond acceptors (Lipinski definition) is 4. The van der Waals surface area contributed by atoms with E-state index in [4.69, 9.17) is 5.73 Å². The van der Waals surface area contributed by atoms with Crippen molar-refractivity contribution in [1.82, 2.24) is 15.1 Å². The number of para-hydroxylation sites is 1. The molecule has 1 heterocycles. The molecule has 5 nitrogen and oxygen atoms in total. The molecule has 0 radical (unpaired) electrons. The number of nitrogens with one attached hydrogen (secondary N) is 1. The second kappa shape index (κ2) is 6.67. The molecule has 0 saturated carbocycles. The summed E-state index contributed by atoms with van der Waals surface area (Å²) in [7, 11) is 2.10. The molecule has 0 atom stereocenters. The lowest BCUT2D eigenvalue weighted by Gasteiger charge is -2.32. The highest BCUT2D eigenvalue weighted by atomic mass is 19.1. The number of amides is 1. The molecule has 20 heavy (non-hydrogen) atoms. The first kappa shape index (κ1) is 14.7. The van der Waals surface area contributed by atoms with Gasteiger partial charge in [-0.25, -0.2) is 4.39 Å². The fourth-order valence-electron chi connectivity index (χ4n) is 2.23. The van der Waals surface area contributed by atoms with Crippen LogP contribution < -0.4 is 11.1 Å². The smallest absolute Gasteiger partial charge is 0.253 e. The van der Waals surface area contributed by atoms with Crippen LogP contribution in [0.5, 0.6) is 0 Å². The SMILES string of the molecule is CN1CCN(CCNC(=O)c2cccc(F)c2N)CC1. The number of rotatable bonds is 4. The van der Waals surface area contributed by atoms with Crippen molar-refractivity contribution in [2.75, 3.05) is 52.0 Å². The zero-order valence-corrected chi connectivity index (χ0v) is 11.7. The van der Waals surface area contributed by atoms with Gasteiger partial charge in [-0.15, -0.1) is 0 Å². The van der Waals surface area contributed by atoms with E-state index in [2.05, 4.69) is 22.2 Å². The average molecular weight is 280 g/mol. The predicted molar refractivity (Wildman–Crippen MR) is 77.1 cm³/mol. The summed E-state index contributed by atoms with van der Waals surface area (Å²) in [5, 5.41) is 2.78. The van der Waals surface area contributed by atoms with Gasteiger partial charge in [-0.05, 0) is 19.2 Å². The number of hydrogen-bond donors (Lipinski definition) is 2. The van der Waals surface area contributed by atoms with E-state index in [0.717, 1.165) is 32.7 Å². The van der Waals surface area contributed by atoms with Crippen LogP contribution in [0.15, 0.2) is 18.2 Å². The summed E-state index contributed by atoms with van der Waals surface area (Å²) in [5.41, 5.74) is 5.67. The third-order valence-electron chi connectivity index (χ3n) is 3.61. The Labute approximate surface area is 118 Å². The molecular weight excluding hydrogens is 259 g/mol. The van der Waals surface area contributed by atoms with E-state index in [-0.39, 0.29) is 17.2 Å². The number of likely N-dealkylation sites (N-methyl/N-ethyl adjacent to an activating group) is 1. The molecule has 3 N–H and O–H groups in total. The topological polar surface area (TPSA) is 61.6 Å². The fraction of sp³-hybridized carbons (Fsp3) is 0.500. The van der Waals surface area contributed by atoms with Crippen molar-refractivity contribution in [2.45, 2.75) is 0 Å². The van der Waals surface area contributed by atoms with Crippen LogP contribution in [-0.4, -0.2) is 62.0 Å². The third kappa shape index (κ3) is 3.68. The van der Waals surface area contributed by atoms with E-state index in [1.54, 1.807) is 0 Å². The second-order valence-electron chi connectivity index (χ2n) is 5.10. The maximum absolute atomic E-state index is 13.3. The number of carbonyl (C=O) groups is 1. The van der Waals surface area contributed by atoms with Gasteiger partial charge in [0.05, 0.1) is 11.3 Å². The Morgan fingerprint density at radius 1 is 1.35 bits per heavy atom. The molecular formula is C14H21FN4O.